The van der Waals surface area contributed by atoms with Crippen molar-refractivity contribution >= 4 is 5.91 Å². The van der Waals surface area contributed by atoms with Crippen LogP contribution in [0.2, 0.25) is 0 Å². The molecular formula is C9H17N2O+. The molecule has 0 rings (SSSR count). The maximum absolute atomic E-state index is 11.3. The highest BCUT2D eigenvalue weighted by Crippen LogP contribution is 1.96. The fourth-order valence-electron chi connectivity index (χ4n) is 0.811. The Kier molecular flexibility index (Phi) is 3.78. The smallest absolute Gasteiger partial charge is 0.277 e. The summed E-state index contributed by atoms with van der Waals surface area (Å²) in [6, 6.07) is 0. The van der Waals surface area contributed by atoms with Crippen LogP contribution in [0.3, 0.4) is 0 Å². The van der Waals surface area contributed by atoms with Crippen molar-refractivity contribution in [2.45, 2.75) is 0 Å². The van der Waals surface area contributed by atoms with E-state index in [0.29, 0.717) is 17.6 Å². The number of quaternary nitrogens is 1. The molecule has 3 nitrogen and oxygen atoms in total. The second-order valence-corrected chi connectivity index (χ2v) is 3.74. The molecule has 1 amide bonds. The van der Waals surface area contributed by atoms with Crippen molar-refractivity contribution in [3.05, 3.63) is 0 Å². The van der Waals surface area contributed by atoms with Crippen LogP contribution in [-0.4, -0.2) is 56.6 Å². The van der Waals surface area contributed by atoms with E-state index < -0.39 is 0 Å². The van der Waals surface area contributed by atoms with Crippen molar-refractivity contribution in [3.8, 4) is 12.3 Å². The molecular weight excluding hydrogens is 152 g/mol. The third kappa shape index (κ3) is 3.99. The minimum atomic E-state index is 0.107. The van der Waals surface area contributed by atoms with Crippen LogP contribution in [-0.2, 0) is 4.79 Å². The summed E-state index contributed by atoms with van der Waals surface area (Å²) in [7, 11) is 7.39. The van der Waals surface area contributed by atoms with Gasteiger partial charge in [-0.25, -0.2) is 0 Å². The monoisotopic (exact) mass is 169 g/mol. The lowest BCUT2D eigenvalue weighted by Gasteiger charge is -2.27. The molecule has 0 spiro atoms. The highest BCUT2D eigenvalue weighted by atomic mass is 16.2. The molecule has 0 bridgehead atoms. The highest BCUT2D eigenvalue weighted by molar-refractivity contribution is 5.76. The number of hydrogen-bond acceptors (Lipinski definition) is 1. The molecule has 0 saturated heterocycles. The zero-order chi connectivity index (χ0) is 9.78. The van der Waals surface area contributed by atoms with Gasteiger partial charge in [0.05, 0.1) is 14.1 Å². The predicted octanol–water partition coefficient (Wildman–Crippen LogP) is -0.216. The molecule has 0 aromatic rings. The van der Waals surface area contributed by atoms with E-state index in [2.05, 4.69) is 5.92 Å². The first-order chi connectivity index (χ1) is 5.39. The normalized spacial score (nSPS) is 10.6. The summed E-state index contributed by atoms with van der Waals surface area (Å²) in [4.78, 5) is 12.9. The second kappa shape index (κ2) is 4.13. The van der Waals surface area contributed by atoms with Crippen LogP contribution in [0.4, 0.5) is 0 Å². The van der Waals surface area contributed by atoms with Gasteiger partial charge in [0.1, 0.15) is 6.54 Å². The third-order valence-corrected chi connectivity index (χ3v) is 1.58. The Hall–Kier alpha value is -1.01. The van der Waals surface area contributed by atoms with E-state index in [1.165, 1.54) is 0 Å². The van der Waals surface area contributed by atoms with Gasteiger partial charge in [0, 0.05) is 14.1 Å². The van der Waals surface area contributed by atoms with Crippen molar-refractivity contribution in [2.75, 3.05) is 41.3 Å². The molecule has 0 N–H and O–H groups in total. The number of hydrogen-bond donors (Lipinski definition) is 0. The number of nitrogens with zero attached hydrogens (tertiary/aromatic N) is 2. The topological polar surface area (TPSA) is 20.3 Å². The Bertz CT molecular complexity index is 201. The SMILES string of the molecule is C#CC[N+](C)(C)CC(=O)N(C)C. The van der Waals surface area contributed by atoms with Crippen LogP contribution in [0.25, 0.3) is 0 Å². The zero-order valence-corrected chi connectivity index (χ0v) is 8.29. The van der Waals surface area contributed by atoms with Gasteiger partial charge in [-0.15, -0.1) is 6.42 Å². The molecule has 0 heterocycles. The number of likely N-dealkylation sites (N-methyl/N-ethyl adjacent to an activating group) is 2. The Morgan fingerprint density at radius 1 is 1.50 bits per heavy atom. The number of rotatable bonds is 3. The summed E-state index contributed by atoms with van der Waals surface area (Å²) in [5.74, 6) is 2.66. The van der Waals surface area contributed by atoms with Gasteiger partial charge in [-0.2, -0.15) is 0 Å². The van der Waals surface area contributed by atoms with Gasteiger partial charge < -0.3 is 9.38 Å². The number of carbonyl (C=O) groups is 1. The van der Waals surface area contributed by atoms with Crippen molar-refractivity contribution in [1.82, 2.24) is 4.90 Å². The van der Waals surface area contributed by atoms with E-state index in [4.69, 9.17) is 6.42 Å². The van der Waals surface area contributed by atoms with Crippen LogP contribution < -0.4 is 0 Å². The van der Waals surface area contributed by atoms with Gasteiger partial charge >= 0.3 is 0 Å². The van der Waals surface area contributed by atoms with Crippen LogP contribution >= 0.6 is 0 Å². The first-order valence-corrected chi connectivity index (χ1v) is 3.84. The maximum atomic E-state index is 11.3. The predicted molar refractivity (Wildman–Crippen MR) is 49.4 cm³/mol. The van der Waals surface area contributed by atoms with Gasteiger partial charge in [0.25, 0.3) is 5.91 Å². The summed E-state index contributed by atoms with van der Waals surface area (Å²) in [5.41, 5.74) is 0. The number of amides is 1. The van der Waals surface area contributed by atoms with Crippen molar-refractivity contribution in [2.24, 2.45) is 0 Å². The van der Waals surface area contributed by atoms with E-state index in [9.17, 15) is 4.79 Å². The molecule has 0 saturated carbocycles. The fourth-order valence-corrected chi connectivity index (χ4v) is 0.811. The van der Waals surface area contributed by atoms with Gasteiger partial charge in [-0.3, -0.25) is 4.79 Å². The minimum Gasteiger partial charge on any atom is -0.344 e. The summed E-state index contributed by atoms with van der Waals surface area (Å²) >= 11 is 0. The van der Waals surface area contributed by atoms with Gasteiger partial charge in [-0.1, -0.05) is 0 Å². The number of terminal acetylenes is 1. The van der Waals surface area contributed by atoms with E-state index in [-0.39, 0.29) is 5.91 Å². The third-order valence-electron chi connectivity index (χ3n) is 1.58. The number of carbonyl (C=O) groups excluding carboxylic acids is 1. The molecule has 0 aliphatic rings. The van der Waals surface area contributed by atoms with Crippen molar-refractivity contribution in [3.63, 3.8) is 0 Å². The molecule has 0 aliphatic heterocycles. The molecule has 0 atom stereocenters. The van der Waals surface area contributed by atoms with Crippen molar-refractivity contribution in [1.29, 1.82) is 0 Å². The van der Waals surface area contributed by atoms with E-state index in [0.717, 1.165) is 0 Å². The molecule has 3 heteroatoms. The second-order valence-electron chi connectivity index (χ2n) is 3.74. The van der Waals surface area contributed by atoms with Gasteiger partial charge in [0.15, 0.2) is 6.54 Å². The van der Waals surface area contributed by atoms with E-state index in [1.807, 2.05) is 14.1 Å². The van der Waals surface area contributed by atoms with Crippen molar-refractivity contribution < 1.29 is 9.28 Å². The van der Waals surface area contributed by atoms with Crippen LogP contribution in [0, 0.1) is 12.3 Å². The molecule has 0 aromatic carbocycles. The lowest BCUT2D eigenvalue weighted by Crippen LogP contribution is -2.47. The highest BCUT2D eigenvalue weighted by Gasteiger charge is 2.19. The Morgan fingerprint density at radius 3 is 2.33 bits per heavy atom. The maximum Gasteiger partial charge on any atom is 0.277 e. The Labute approximate surface area is 74.5 Å². The molecule has 68 valence electrons. The molecule has 0 fully saturated rings. The molecule has 12 heavy (non-hydrogen) atoms. The van der Waals surface area contributed by atoms with Gasteiger partial charge in [0.2, 0.25) is 0 Å². The quantitative estimate of drug-likeness (QED) is 0.423. The molecule has 0 aromatic heterocycles. The lowest BCUT2D eigenvalue weighted by atomic mass is 10.4. The van der Waals surface area contributed by atoms with Crippen LogP contribution in [0.1, 0.15) is 0 Å². The first-order valence-electron chi connectivity index (χ1n) is 3.84. The Balaban J connectivity index is 4.07. The summed E-state index contributed by atoms with van der Waals surface area (Å²) in [5, 5.41) is 0. The lowest BCUT2D eigenvalue weighted by molar-refractivity contribution is -0.875. The zero-order valence-electron chi connectivity index (χ0n) is 8.29. The average Bonchev–Trinajstić information content (AvgIpc) is 1.85. The largest absolute Gasteiger partial charge is 0.344 e. The molecule has 0 aliphatic carbocycles. The summed E-state index contributed by atoms with van der Waals surface area (Å²) in [6.45, 7) is 1.04. The summed E-state index contributed by atoms with van der Waals surface area (Å²) < 4.78 is 0.549. The van der Waals surface area contributed by atoms with Crippen LogP contribution in [0.15, 0.2) is 0 Å². The molecule has 0 radical (unpaired) electrons. The standard InChI is InChI=1S/C9H17N2O/c1-6-7-11(4,5)8-9(12)10(2)3/h1H,7-8H2,2-5H3/q+1. The first kappa shape index (κ1) is 11.0. The van der Waals surface area contributed by atoms with Crippen LogP contribution in [0.5, 0.6) is 0 Å². The van der Waals surface area contributed by atoms with E-state index in [1.54, 1.807) is 19.0 Å². The summed E-state index contributed by atoms with van der Waals surface area (Å²) in [6.07, 6.45) is 5.18. The van der Waals surface area contributed by atoms with E-state index >= 15 is 0 Å². The average molecular weight is 169 g/mol. The van der Waals surface area contributed by atoms with Gasteiger partial charge in [-0.05, 0) is 5.92 Å². The minimum absolute atomic E-state index is 0.107. The fraction of sp³-hybridized carbons (Fsp3) is 0.667. The Morgan fingerprint density at radius 2 is 2.00 bits per heavy atom. The molecule has 0 unspecified atom stereocenters.